The van der Waals surface area contributed by atoms with Gasteiger partial charge < -0.3 is 24.4 Å². The Bertz CT molecular complexity index is 1420. The number of carbonyl (C=O) groups excluding carboxylic acids is 5. The van der Waals surface area contributed by atoms with Crippen LogP contribution in [-0.2, 0) is 33.4 Å². The first kappa shape index (κ1) is 27.2. The summed E-state index contributed by atoms with van der Waals surface area (Å²) in [7, 11) is 0. The van der Waals surface area contributed by atoms with Crippen LogP contribution in [-0.4, -0.2) is 79.0 Å². The van der Waals surface area contributed by atoms with Crippen LogP contribution in [0.2, 0.25) is 0 Å². The number of hydrogen-bond acceptors (Lipinski definition) is 11. The predicted molar refractivity (Wildman–Crippen MR) is 133 cm³/mol. The molecule has 3 aromatic rings. The average molecular weight is 539 g/mol. The number of nitrogens with one attached hydrogen (secondary N) is 1. The van der Waals surface area contributed by atoms with Gasteiger partial charge in [0.25, 0.3) is 5.91 Å². The Hall–Kier alpha value is -4.88. The highest BCUT2D eigenvalue weighted by molar-refractivity contribution is 6.06. The van der Waals surface area contributed by atoms with Crippen molar-refractivity contribution in [2.45, 2.75) is 52.1 Å². The van der Waals surface area contributed by atoms with Gasteiger partial charge in [0.05, 0.1) is 6.33 Å². The molecule has 14 nitrogen and oxygen atoms in total. The standard InChI is InChI=1S/C25H26N6O8/c1-13(32)31-18(10-37-14(2)33)20(38-15(3)34)21(39-16(4)35)25(31)30-12-28-19-22(26-11-27-23(19)30)29-24(36)17-8-6-5-7-9-17/h5-9,11-12,18,20-21,25H,10H2,1-4H3,(H,26,27,29,36)/t18-,20+,21-,25-/m1/s1. The molecule has 4 rings (SSSR count). The Kier molecular flexibility index (Phi) is 7.83. The smallest absolute Gasteiger partial charge is 0.303 e. The number of amides is 2. The lowest BCUT2D eigenvalue weighted by molar-refractivity contribution is -0.166. The molecular weight excluding hydrogens is 512 g/mol. The van der Waals surface area contributed by atoms with E-state index in [1.165, 1.54) is 49.8 Å². The molecule has 0 bridgehead atoms. The highest BCUT2D eigenvalue weighted by Gasteiger charge is 2.56. The maximum absolute atomic E-state index is 13.0. The van der Waals surface area contributed by atoms with Gasteiger partial charge in [-0.25, -0.2) is 15.0 Å². The van der Waals surface area contributed by atoms with Crippen molar-refractivity contribution in [3.05, 3.63) is 48.5 Å². The molecule has 1 aliphatic rings. The molecule has 1 aliphatic heterocycles. The molecule has 2 aromatic heterocycles. The molecule has 2 amide bonds. The molecule has 0 spiro atoms. The van der Waals surface area contributed by atoms with Crippen molar-refractivity contribution >= 4 is 46.7 Å². The van der Waals surface area contributed by atoms with E-state index in [1.807, 2.05) is 0 Å². The third kappa shape index (κ3) is 5.68. The average Bonchev–Trinajstić information content (AvgIpc) is 3.42. The normalized spacial score (nSPS) is 20.4. The number of hydrogen-bond donors (Lipinski definition) is 1. The Balaban J connectivity index is 1.80. The third-order valence-electron chi connectivity index (χ3n) is 5.98. The predicted octanol–water partition coefficient (Wildman–Crippen LogP) is 1.23. The zero-order chi connectivity index (χ0) is 28.3. The molecule has 1 fully saturated rings. The lowest BCUT2D eigenvalue weighted by atomic mass is 10.1. The number of esters is 3. The summed E-state index contributed by atoms with van der Waals surface area (Å²) in [5.74, 6) is -2.82. The molecule has 1 N–H and O–H groups in total. The van der Waals surface area contributed by atoms with Crippen molar-refractivity contribution in [3.8, 4) is 0 Å². The largest absolute Gasteiger partial charge is 0.464 e. The first-order valence-corrected chi connectivity index (χ1v) is 11.9. The van der Waals surface area contributed by atoms with Crippen LogP contribution in [0.25, 0.3) is 11.2 Å². The molecule has 0 aliphatic carbocycles. The van der Waals surface area contributed by atoms with Gasteiger partial charge in [0.1, 0.15) is 19.0 Å². The number of rotatable bonds is 7. The minimum absolute atomic E-state index is 0.108. The second kappa shape index (κ2) is 11.2. The molecule has 1 saturated heterocycles. The summed E-state index contributed by atoms with van der Waals surface area (Å²) < 4.78 is 17.7. The van der Waals surface area contributed by atoms with Crippen molar-refractivity contribution in [2.75, 3.05) is 11.9 Å². The summed E-state index contributed by atoms with van der Waals surface area (Å²) in [5.41, 5.74) is 0.783. The highest BCUT2D eigenvalue weighted by Crippen LogP contribution is 2.39. The SMILES string of the molecule is CC(=O)OC[C@@H]1[C@H](OC(C)=O)[C@@H](OC(C)=O)[C@H](n2cnc3c(NC(=O)c4ccccc4)ncnc32)N1C(C)=O. The van der Waals surface area contributed by atoms with Crippen molar-refractivity contribution < 1.29 is 38.2 Å². The van der Waals surface area contributed by atoms with Crippen LogP contribution in [0.1, 0.15) is 44.2 Å². The minimum atomic E-state index is -1.22. The Morgan fingerprint density at radius 2 is 1.54 bits per heavy atom. The Labute approximate surface area is 222 Å². The number of likely N-dealkylation sites (tertiary alicyclic amines) is 1. The summed E-state index contributed by atoms with van der Waals surface area (Å²) in [5, 5.41) is 2.70. The van der Waals surface area contributed by atoms with Crippen molar-refractivity contribution in [1.29, 1.82) is 0 Å². The van der Waals surface area contributed by atoms with Crippen LogP contribution < -0.4 is 5.32 Å². The van der Waals surface area contributed by atoms with E-state index < -0.39 is 54.1 Å². The molecule has 3 heterocycles. The number of aromatic nitrogens is 4. The lowest BCUT2D eigenvalue weighted by Crippen LogP contribution is -2.45. The molecule has 1 aromatic carbocycles. The van der Waals surface area contributed by atoms with Crippen molar-refractivity contribution in [1.82, 2.24) is 24.4 Å². The van der Waals surface area contributed by atoms with Gasteiger partial charge in [0.15, 0.2) is 35.4 Å². The van der Waals surface area contributed by atoms with E-state index in [-0.39, 0.29) is 23.6 Å². The second-order valence-corrected chi connectivity index (χ2v) is 8.72. The van der Waals surface area contributed by atoms with Crippen molar-refractivity contribution in [3.63, 3.8) is 0 Å². The van der Waals surface area contributed by atoms with Gasteiger partial charge in [-0.15, -0.1) is 0 Å². The molecule has 0 saturated carbocycles. The van der Waals surface area contributed by atoms with E-state index in [1.54, 1.807) is 30.3 Å². The molecule has 0 unspecified atom stereocenters. The quantitative estimate of drug-likeness (QED) is 0.339. The number of nitrogens with zero attached hydrogens (tertiary/aromatic N) is 5. The van der Waals surface area contributed by atoms with Gasteiger partial charge >= 0.3 is 17.9 Å². The van der Waals surface area contributed by atoms with Crippen LogP contribution in [0.5, 0.6) is 0 Å². The van der Waals surface area contributed by atoms with E-state index in [2.05, 4.69) is 20.3 Å². The van der Waals surface area contributed by atoms with Gasteiger partial charge in [-0.2, -0.15) is 0 Å². The number of ether oxygens (including phenoxy) is 3. The summed E-state index contributed by atoms with van der Waals surface area (Å²) >= 11 is 0. The summed E-state index contributed by atoms with van der Waals surface area (Å²) in [6.45, 7) is 4.47. The molecule has 0 radical (unpaired) electrons. The number of imidazole rings is 1. The number of benzene rings is 1. The van der Waals surface area contributed by atoms with Gasteiger partial charge in [-0.3, -0.25) is 28.5 Å². The first-order chi connectivity index (χ1) is 18.6. The second-order valence-electron chi connectivity index (χ2n) is 8.72. The molecule has 39 heavy (non-hydrogen) atoms. The third-order valence-corrected chi connectivity index (χ3v) is 5.98. The van der Waals surface area contributed by atoms with E-state index in [4.69, 9.17) is 14.2 Å². The summed E-state index contributed by atoms with van der Waals surface area (Å²) in [6, 6.07) is 7.49. The summed E-state index contributed by atoms with van der Waals surface area (Å²) in [4.78, 5) is 75.5. The summed E-state index contributed by atoms with van der Waals surface area (Å²) in [6.07, 6.45) is -0.960. The number of carbonyl (C=O) groups is 5. The van der Waals surface area contributed by atoms with E-state index in [0.29, 0.717) is 5.56 Å². The van der Waals surface area contributed by atoms with Gasteiger partial charge in [0, 0.05) is 33.3 Å². The monoisotopic (exact) mass is 538 g/mol. The highest BCUT2D eigenvalue weighted by atomic mass is 16.6. The first-order valence-electron chi connectivity index (χ1n) is 11.9. The lowest BCUT2D eigenvalue weighted by Gasteiger charge is -2.30. The van der Waals surface area contributed by atoms with E-state index in [9.17, 15) is 24.0 Å². The minimum Gasteiger partial charge on any atom is -0.464 e. The van der Waals surface area contributed by atoms with Crippen LogP contribution in [0.4, 0.5) is 5.82 Å². The fourth-order valence-electron chi connectivity index (χ4n) is 4.55. The zero-order valence-corrected chi connectivity index (χ0v) is 21.6. The molecular formula is C25H26N6O8. The molecule has 4 atom stereocenters. The fraction of sp³-hybridized carbons (Fsp3) is 0.360. The zero-order valence-electron chi connectivity index (χ0n) is 21.6. The molecule has 14 heteroatoms. The molecule has 204 valence electrons. The fourth-order valence-corrected chi connectivity index (χ4v) is 4.55. The number of anilines is 1. The van der Waals surface area contributed by atoms with Gasteiger partial charge in [-0.05, 0) is 12.1 Å². The van der Waals surface area contributed by atoms with Gasteiger partial charge in [0.2, 0.25) is 5.91 Å². The Morgan fingerprint density at radius 3 is 2.15 bits per heavy atom. The van der Waals surface area contributed by atoms with Crippen LogP contribution in [0.3, 0.4) is 0 Å². The number of fused-ring (bicyclic) bond motifs is 1. The van der Waals surface area contributed by atoms with E-state index in [0.717, 1.165) is 0 Å². The van der Waals surface area contributed by atoms with Crippen LogP contribution in [0, 0.1) is 0 Å². The van der Waals surface area contributed by atoms with Crippen LogP contribution >= 0.6 is 0 Å². The maximum Gasteiger partial charge on any atom is 0.303 e. The van der Waals surface area contributed by atoms with E-state index >= 15 is 0 Å². The Morgan fingerprint density at radius 1 is 0.872 bits per heavy atom. The van der Waals surface area contributed by atoms with Crippen LogP contribution in [0.15, 0.2) is 43.0 Å². The maximum atomic E-state index is 13.0. The van der Waals surface area contributed by atoms with Crippen molar-refractivity contribution in [2.24, 2.45) is 0 Å². The topological polar surface area (TPSA) is 172 Å². The van der Waals surface area contributed by atoms with Gasteiger partial charge in [-0.1, -0.05) is 18.2 Å².